The average molecular weight is 154 g/mol. The predicted molar refractivity (Wildman–Crippen MR) is 34.8 cm³/mol. The maximum Gasteiger partial charge on any atom is 1.00 e. The van der Waals surface area contributed by atoms with Crippen molar-refractivity contribution in [1.29, 1.82) is 0 Å². The Kier molecular flexibility index (Phi) is 6.21. The third-order valence-electron chi connectivity index (χ3n) is 2.07. The molecule has 0 aromatic rings. The summed E-state index contributed by atoms with van der Waals surface area (Å²) < 4.78 is 0. The summed E-state index contributed by atoms with van der Waals surface area (Å²) >= 11 is 0. The molecule has 1 saturated carbocycles. The summed E-state index contributed by atoms with van der Waals surface area (Å²) in [5.74, 6) is 0.559. The fourth-order valence-corrected chi connectivity index (χ4v) is 1.30. The summed E-state index contributed by atoms with van der Waals surface area (Å²) in [4.78, 5) is 0. The molecular formula is C7H15KO. The molecule has 1 rings (SSSR count). The van der Waals surface area contributed by atoms with Gasteiger partial charge in [-0.1, -0.05) is 19.8 Å². The zero-order valence-corrected chi connectivity index (χ0v) is 9.55. The molecule has 1 aliphatic carbocycles. The van der Waals surface area contributed by atoms with Crippen molar-refractivity contribution in [2.45, 2.75) is 38.7 Å². The minimum Gasteiger partial charge on any atom is -1.00 e. The number of rotatable bonds is 0. The van der Waals surface area contributed by atoms with Gasteiger partial charge in [0.1, 0.15) is 0 Å². The van der Waals surface area contributed by atoms with E-state index in [1.54, 1.807) is 0 Å². The van der Waals surface area contributed by atoms with Crippen molar-refractivity contribution >= 4 is 0 Å². The van der Waals surface area contributed by atoms with Crippen LogP contribution in [0.5, 0.6) is 0 Å². The first kappa shape index (κ1) is 10.6. The predicted octanol–water partition coefficient (Wildman–Crippen LogP) is -1.33. The van der Waals surface area contributed by atoms with E-state index in [2.05, 4.69) is 6.92 Å². The normalized spacial score (nSPS) is 35.3. The molecule has 50 valence electrons. The van der Waals surface area contributed by atoms with E-state index >= 15 is 0 Å². The molecule has 1 N–H and O–H groups in total. The van der Waals surface area contributed by atoms with Gasteiger partial charge >= 0.3 is 51.4 Å². The number of hydrogen-bond acceptors (Lipinski definition) is 1. The Morgan fingerprint density at radius 1 is 1.33 bits per heavy atom. The Morgan fingerprint density at radius 3 is 2.22 bits per heavy atom. The Balaban J connectivity index is 0. The molecule has 0 amide bonds. The van der Waals surface area contributed by atoms with Crippen molar-refractivity contribution in [2.75, 3.05) is 0 Å². The van der Waals surface area contributed by atoms with Gasteiger partial charge in [-0.05, 0) is 18.8 Å². The largest absolute Gasteiger partial charge is 1.00 e. The molecule has 0 heterocycles. The monoisotopic (exact) mass is 154 g/mol. The minimum atomic E-state index is 0. The average Bonchev–Trinajstić information content (AvgIpc) is 1.77. The van der Waals surface area contributed by atoms with Crippen molar-refractivity contribution in [3.63, 3.8) is 0 Å². The van der Waals surface area contributed by atoms with Crippen molar-refractivity contribution in [1.82, 2.24) is 0 Å². The zero-order chi connectivity index (χ0) is 5.98. The fourth-order valence-electron chi connectivity index (χ4n) is 1.30. The van der Waals surface area contributed by atoms with Gasteiger partial charge in [0.15, 0.2) is 0 Å². The molecule has 2 unspecified atom stereocenters. The third kappa shape index (κ3) is 3.49. The summed E-state index contributed by atoms with van der Waals surface area (Å²) in [6.07, 6.45) is 4.80. The standard InChI is InChI=1S/C7H14O.K.H/c1-6-4-2-3-5-7(6)8;;/h6-8H,2-5H2,1H3;;/q;+1;-1. The third-order valence-corrected chi connectivity index (χ3v) is 2.07. The first-order valence-electron chi connectivity index (χ1n) is 3.49. The van der Waals surface area contributed by atoms with Gasteiger partial charge in [-0.2, -0.15) is 0 Å². The van der Waals surface area contributed by atoms with E-state index in [0.29, 0.717) is 5.92 Å². The van der Waals surface area contributed by atoms with Crippen LogP contribution in [0.1, 0.15) is 34.0 Å². The van der Waals surface area contributed by atoms with E-state index < -0.39 is 0 Å². The van der Waals surface area contributed by atoms with E-state index in [-0.39, 0.29) is 58.9 Å². The Hall–Kier alpha value is 1.60. The van der Waals surface area contributed by atoms with E-state index in [0.717, 1.165) is 6.42 Å². The molecular weight excluding hydrogens is 139 g/mol. The topological polar surface area (TPSA) is 20.2 Å². The van der Waals surface area contributed by atoms with Crippen LogP contribution in [0.15, 0.2) is 0 Å². The molecule has 0 radical (unpaired) electrons. The quantitative estimate of drug-likeness (QED) is 0.429. The van der Waals surface area contributed by atoms with Crippen LogP contribution in [-0.4, -0.2) is 11.2 Å². The van der Waals surface area contributed by atoms with Crippen molar-refractivity contribution in [2.24, 2.45) is 5.92 Å². The van der Waals surface area contributed by atoms with Gasteiger partial charge in [-0.3, -0.25) is 0 Å². The molecule has 1 nitrogen and oxygen atoms in total. The first-order chi connectivity index (χ1) is 3.80. The van der Waals surface area contributed by atoms with Crippen molar-refractivity contribution in [3.05, 3.63) is 0 Å². The van der Waals surface area contributed by atoms with Crippen LogP contribution in [-0.2, 0) is 0 Å². The Bertz CT molecular complexity index is 70.0. The maximum absolute atomic E-state index is 9.18. The molecule has 0 saturated heterocycles. The molecule has 0 aromatic heterocycles. The summed E-state index contributed by atoms with van der Waals surface area (Å²) in [6.45, 7) is 2.13. The van der Waals surface area contributed by atoms with Gasteiger partial charge < -0.3 is 6.53 Å². The van der Waals surface area contributed by atoms with Gasteiger partial charge in [0.05, 0.1) is 6.10 Å². The van der Waals surface area contributed by atoms with Gasteiger partial charge in [0, 0.05) is 0 Å². The molecule has 0 aliphatic heterocycles. The number of aliphatic hydroxyl groups excluding tert-OH is 1. The van der Waals surface area contributed by atoms with Gasteiger partial charge in [0.2, 0.25) is 0 Å². The Morgan fingerprint density at radius 2 is 1.89 bits per heavy atom. The van der Waals surface area contributed by atoms with E-state index in [1.807, 2.05) is 0 Å². The minimum absolute atomic E-state index is 0. The Labute approximate surface area is 101 Å². The second-order valence-electron chi connectivity index (χ2n) is 2.83. The second-order valence-corrected chi connectivity index (χ2v) is 2.83. The van der Waals surface area contributed by atoms with Crippen molar-refractivity contribution in [3.8, 4) is 0 Å². The summed E-state index contributed by atoms with van der Waals surface area (Å²) in [6, 6.07) is 0. The van der Waals surface area contributed by atoms with E-state index in [4.69, 9.17) is 0 Å². The van der Waals surface area contributed by atoms with Gasteiger partial charge in [0.25, 0.3) is 0 Å². The van der Waals surface area contributed by atoms with E-state index in [1.165, 1.54) is 19.3 Å². The SMILES string of the molecule is CC1CCCCC1O.[H-].[K+]. The summed E-state index contributed by atoms with van der Waals surface area (Å²) in [7, 11) is 0. The van der Waals surface area contributed by atoms with E-state index in [9.17, 15) is 5.11 Å². The van der Waals surface area contributed by atoms with Crippen LogP contribution >= 0.6 is 0 Å². The number of aliphatic hydroxyl groups is 1. The van der Waals surface area contributed by atoms with Crippen LogP contribution < -0.4 is 51.4 Å². The second kappa shape index (κ2) is 5.27. The molecule has 2 atom stereocenters. The van der Waals surface area contributed by atoms with Gasteiger partial charge in [-0.25, -0.2) is 0 Å². The molecule has 2 heteroatoms. The molecule has 0 spiro atoms. The van der Waals surface area contributed by atoms with Crippen LogP contribution in [0, 0.1) is 5.92 Å². The molecule has 1 aliphatic rings. The van der Waals surface area contributed by atoms with Gasteiger partial charge in [-0.15, -0.1) is 0 Å². The summed E-state index contributed by atoms with van der Waals surface area (Å²) in [5.41, 5.74) is 0. The molecule has 9 heavy (non-hydrogen) atoms. The van der Waals surface area contributed by atoms with Crippen LogP contribution in [0.3, 0.4) is 0 Å². The zero-order valence-electron chi connectivity index (χ0n) is 7.43. The fraction of sp³-hybridized carbons (Fsp3) is 1.00. The summed E-state index contributed by atoms with van der Waals surface area (Å²) in [5, 5.41) is 9.18. The maximum atomic E-state index is 9.18. The molecule has 1 fully saturated rings. The van der Waals surface area contributed by atoms with Crippen LogP contribution in [0.25, 0.3) is 0 Å². The molecule has 0 bridgehead atoms. The van der Waals surface area contributed by atoms with Crippen LogP contribution in [0.2, 0.25) is 0 Å². The number of hydrogen-bond donors (Lipinski definition) is 1. The van der Waals surface area contributed by atoms with Crippen molar-refractivity contribution < 1.29 is 57.9 Å². The smallest absolute Gasteiger partial charge is 1.00 e. The first-order valence-corrected chi connectivity index (χ1v) is 3.49. The van der Waals surface area contributed by atoms with Crippen LogP contribution in [0.4, 0.5) is 0 Å². The molecule has 0 aromatic carbocycles.